The molecule has 0 fully saturated rings. The van der Waals surface area contributed by atoms with Gasteiger partial charge in [0.05, 0.1) is 4.92 Å². The fourth-order valence-electron chi connectivity index (χ4n) is 1.69. The second-order valence-electron chi connectivity index (χ2n) is 4.09. The molecule has 1 unspecified atom stereocenters. The van der Waals surface area contributed by atoms with Crippen molar-refractivity contribution in [3.8, 4) is 0 Å². The Morgan fingerprint density at radius 1 is 1.44 bits per heavy atom. The van der Waals surface area contributed by atoms with Gasteiger partial charge in [0.15, 0.2) is 0 Å². The first-order valence-corrected chi connectivity index (χ1v) is 6.60. The molecule has 0 aliphatic rings. The lowest BCUT2D eigenvalue weighted by Crippen LogP contribution is -2.17. The lowest BCUT2D eigenvalue weighted by Gasteiger charge is -2.12. The molecule has 1 aromatic heterocycles. The van der Waals surface area contributed by atoms with Gasteiger partial charge >= 0.3 is 0 Å². The molecule has 0 aliphatic carbocycles. The van der Waals surface area contributed by atoms with E-state index in [0.717, 1.165) is 5.56 Å². The molecule has 0 spiro atoms. The zero-order valence-electron chi connectivity index (χ0n) is 10.00. The summed E-state index contributed by atoms with van der Waals surface area (Å²) in [6.45, 7) is 2.71. The molecule has 2 aromatic rings. The zero-order valence-corrected chi connectivity index (χ0v) is 10.8. The standard InChI is InChI=1S/C13H14N2O2S/c1-10(12-5-6-18-9-12)14-8-11-3-2-4-13(7-11)15(16)17/h2-7,9-10,14H,8H2,1H3. The van der Waals surface area contributed by atoms with Gasteiger partial charge in [-0.15, -0.1) is 0 Å². The molecule has 0 amide bonds. The van der Waals surface area contributed by atoms with Crippen molar-refractivity contribution in [2.45, 2.75) is 19.5 Å². The summed E-state index contributed by atoms with van der Waals surface area (Å²) in [7, 11) is 0. The van der Waals surface area contributed by atoms with Gasteiger partial charge in [0.25, 0.3) is 5.69 Å². The highest BCUT2D eigenvalue weighted by molar-refractivity contribution is 7.07. The van der Waals surface area contributed by atoms with Crippen LogP contribution in [-0.4, -0.2) is 4.92 Å². The lowest BCUT2D eigenvalue weighted by molar-refractivity contribution is -0.384. The predicted octanol–water partition coefficient (Wildman–Crippen LogP) is 3.51. The van der Waals surface area contributed by atoms with Crippen molar-refractivity contribution in [1.82, 2.24) is 5.32 Å². The second-order valence-corrected chi connectivity index (χ2v) is 4.87. The van der Waals surface area contributed by atoms with E-state index in [1.807, 2.05) is 11.4 Å². The number of hydrogen-bond donors (Lipinski definition) is 1. The number of non-ortho nitro benzene ring substituents is 1. The molecule has 0 saturated heterocycles. The highest BCUT2D eigenvalue weighted by Crippen LogP contribution is 2.17. The van der Waals surface area contributed by atoms with Crippen molar-refractivity contribution in [3.05, 3.63) is 62.3 Å². The number of hydrogen-bond acceptors (Lipinski definition) is 4. The van der Waals surface area contributed by atoms with Crippen molar-refractivity contribution in [3.63, 3.8) is 0 Å². The largest absolute Gasteiger partial charge is 0.306 e. The van der Waals surface area contributed by atoms with E-state index in [-0.39, 0.29) is 16.7 Å². The maximum atomic E-state index is 10.7. The van der Waals surface area contributed by atoms with Gasteiger partial charge in [-0.25, -0.2) is 0 Å². The van der Waals surface area contributed by atoms with Crippen molar-refractivity contribution in [1.29, 1.82) is 0 Å². The number of thiophene rings is 1. The van der Waals surface area contributed by atoms with Crippen molar-refractivity contribution in [2.24, 2.45) is 0 Å². The highest BCUT2D eigenvalue weighted by Gasteiger charge is 2.08. The number of nitrogens with zero attached hydrogens (tertiary/aromatic N) is 1. The van der Waals surface area contributed by atoms with E-state index < -0.39 is 0 Å². The van der Waals surface area contributed by atoms with E-state index in [1.165, 1.54) is 11.6 Å². The van der Waals surface area contributed by atoms with Crippen LogP contribution in [0.1, 0.15) is 24.1 Å². The van der Waals surface area contributed by atoms with Crippen molar-refractivity contribution < 1.29 is 4.92 Å². The van der Waals surface area contributed by atoms with Crippen molar-refractivity contribution in [2.75, 3.05) is 0 Å². The molecule has 4 nitrogen and oxygen atoms in total. The van der Waals surface area contributed by atoms with Crippen LogP contribution >= 0.6 is 11.3 Å². The molecule has 1 atom stereocenters. The first kappa shape index (κ1) is 12.7. The Kier molecular flexibility index (Phi) is 4.07. The first-order valence-electron chi connectivity index (χ1n) is 5.65. The molecule has 94 valence electrons. The van der Waals surface area contributed by atoms with E-state index in [2.05, 4.69) is 23.7 Å². The van der Waals surface area contributed by atoms with Crippen LogP contribution in [0.4, 0.5) is 5.69 Å². The van der Waals surface area contributed by atoms with Gasteiger partial charge in [-0.3, -0.25) is 10.1 Å². The van der Waals surface area contributed by atoms with Crippen LogP contribution in [0.5, 0.6) is 0 Å². The monoisotopic (exact) mass is 262 g/mol. The molecule has 0 saturated carbocycles. The summed E-state index contributed by atoms with van der Waals surface area (Å²) >= 11 is 1.67. The van der Waals surface area contributed by atoms with Gasteiger partial charge in [-0.2, -0.15) is 11.3 Å². The maximum Gasteiger partial charge on any atom is 0.269 e. The van der Waals surface area contributed by atoms with E-state index in [0.29, 0.717) is 6.54 Å². The number of nitro groups is 1. The summed E-state index contributed by atoms with van der Waals surface area (Å²) in [6.07, 6.45) is 0. The fraction of sp³-hybridized carbons (Fsp3) is 0.231. The Bertz CT molecular complexity index is 526. The van der Waals surface area contributed by atoms with Crippen LogP contribution in [-0.2, 0) is 6.54 Å². The smallest absolute Gasteiger partial charge is 0.269 e. The highest BCUT2D eigenvalue weighted by atomic mass is 32.1. The molecule has 0 aliphatic heterocycles. The lowest BCUT2D eigenvalue weighted by atomic mass is 10.1. The molecule has 2 rings (SSSR count). The van der Waals surface area contributed by atoms with Crippen LogP contribution in [0.3, 0.4) is 0 Å². The van der Waals surface area contributed by atoms with Crippen LogP contribution in [0.25, 0.3) is 0 Å². The van der Waals surface area contributed by atoms with Crippen LogP contribution < -0.4 is 5.32 Å². The molecule has 1 aromatic carbocycles. The van der Waals surface area contributed by atoms with Gasteiger partial charge in [0.2, 0.25) is 0 Å². The summed E-state index contributed by atoms with van der Waals surface area (Å²) < 4.78 is 0. The van der Waals surface area contributed by atoms with Crippen LogP contribution in [0, 0.1) is 10.1 Å². The molecule has 18 heavy (non-hydrogen) atoms. The van der Waals surface area contributed by atoms with Gasteiger partial charge in [0.1, 0.15) is 0 Å². The maximum absolute atomic E-state index is 10.7. The number of nitro benzene ring substituents is 1. The average molecular weight is 262 g/mol. The van der Waals surface area contributed by atoms with Gasteiger partial charge < -0.3 is 5.32 Å². The third kappa shape index (κ3) is 3.15. The Morgan fingerprint density at radius 3 is 2.94 bits per heavy atom. The summed E-state index contributed by atoms with van der Waals surface area (Å²) in [5.74, 6) is 0. The van der Waals surface area contributed by atoms with E-state index in [9.17, 15) is 10.1 Å². The number of benzene rings is 1. The Morgan fingerprint density at radius 2 is 2.28 bits per heavy atom. The van der Waals surface area contributed by atoms with Gasteiger partial charge in [-0.1, -0.05) is 12.1 Å². The van der Waals surface area contributed by atoms with E-state index >= 15 is 0 Å². The summed E-state index contributed by atoms with van der Waals surface area (Å²) in [4.78, 5) is 10.3. The Labute approximate surface area is 109 Å². The zero-order chi connectivity index (χ0) is 13.0. The predicted molar refractivity (Wildman–Crippen MR) is 72.7 cm³/mol. The van der Waals surface area contributed by atoms with Crippen molar-refractivity contribution >= 4 is 17.0 Å². The van der Waals surface area contributed by atoms with Gasteiger partial charge in [-0.05, 0) is 34.9 Å². The minimum atomic E-state index is -0.369. The first-order chi connectivity index (χ1) is 8.66. The molecule has 1 heterocycles. The Balaban J connectivity index is 1.98. The van der Waals surface area contributed by atoms with Crippen LogP contribution in [0.2, 0.25) is 0 Å². The fourth-order valence-corrected chi connectivity index (χ4v) is 2.44. The molecule has 0 radical (unpaired) electrons. The molecule has 0 bridgehead atoms. The molecular formula is C13H14N2O2S. The summed E-state index contributed by atoms with van der Waals surface area (Å²) in [6, 6.07) is 9.04. The van der Waals surface area contributed by atoms with Crippen LogP contribution in [0.15, 0.2) is 41.1 Å². The second kappa shape index (κ2) is 5.75. The molecule has 5 heteroatoms. The number of rotatable bonds is 5. The van der Waals surface area contributed by atoms with Gasteiger partial charge in [0, 0.05) is 24.7 Å². The van der Waals surface area contributed by atoms with E-state index in [1.54, 1.807) is 23.5 Å². The average Bonchev–Trinajstić information content (AvgIpc) is 2.90. The summed E-state index contributed by atoms with van der Waals surface area (Å²) in [5.41, 5.74) is 2.30. The third-order valence-corrected chi connectivity index (χ3v) is 3.48. The van der Waals surface area contributed by atoms with E-state index in [4.69, 9.17) is 0 Å². The minimum absolute atomic E-state index is 0.137. The topological polar surface area (TPSA) is 55.2 Å². The molecule has 1 N–H and O–H groups in total. The Hall–Kier alpha value is -1.72. The SMILES string of the molecule is CC(NCc1cccc([N+](=O)[O-])c1)c1ccsc1. The normalized spacial score (nSPS) is 12.3. The third-order valence-electron chi connectivity index (χ3n) is 2.78. The molecular weight excluding hydrogens is 248 g/mol. The quantitative estimate of drug-likeness (QED) is 0.662. The number of nitrogens with one attached hydrogen (secondary N) is 1. The summed E-state index contributed by atoms with van der Waals surface area (Å²) in [5, 5.41) is 18.2. The minimum Gasteiger partial charge on any atom is -0.306 e.